The van der Waals surface area contributed by atoms with E-state index in [1.54, 1.807) is 12.1 Å². The predicted molar refractivity (Wildman–Crippen MR) is 95.8 cm³/mol. The van der Waals surface area contributed by atoms with Gasteiger partial charge in [0, 0.05) is 18.7 Å². The second-order valence-corrected chi connectivity index (χ2v) is 7.42. The van der Waals surface area contributed by atoms with E-state index < -0.39 is 6.04 Å². The Morgan fingerprint density at radius 3 is 2.46 bits per heavy atom. The summed E-state index contributed by atoms with van der Waals surface area (Å²) in [7, 11) is 0. The van der Waals surface area contributed by atoms with Crippen LogP contribution in [0.15, 0.2) is 24.3 Å². The number of rotatable bonds is 8. The number of carbonyl (C=O) groups is 2. The first-order chi connectivity index (χ1) is 11.2. The van der Waals surface area contributed by atoms with Gasteiger partial charge in [-0.15, -0.1) is 0 Å². The van der Waals surface area contributed by atoms with Crippen LogP contribution in [-0.4, -0.2) is 36.1 Å². The standard InChI is InChI=1S/C19H30N2O3/c1-13(2)16(18(24)20-12-19(4,5)9-10-22)21-17(23)15-8-6-7-14(3)11-15/h6-8,11,13,16,22H,9-10,12H2,1-5H3,(H,20,24)(H,21,23). The molecular weight excluding hydrogens is 304 g/mol. The van der Waals surface area contributed by atoms with Crippen molar-refractivity contribution in [1.82, 2.24) is 10.6 Å². The fourth-order valence-electron chi connectivity index (χ4n) is 2.37. The number of carbonyl (C=O) groups excluding carboxylic acids is 2. The molecule has 134 valence electrons. The SMILES string of the molecule is Cc1cccc(C(=O)NC(C(=O)NCC(C)(C)CCO)C(C)C)c1. The molecule has 0 spiro atoms. The van der Waals surface area contributed by atoms with Crippen molar-refractivity contribution < 1.29 is 14.7 Å². The fourth-order valence-corrected chi connectivity index (χ4v) is 2.37. The summed E-state index contributed by atoms with van der Waals surface area (Å²) < 4.78 is 0. The highest BCUT2D eigenvalue weighted by Gasteiger charge is 2.26. The topological polar surface area (TPSA) is 78.4 Å². The number of aliphatic hydroxyl groups excluding tert-OH is 1. The number of amides is 2. The van der Waals surface area contributed by atoms with E-state index in [1.807, 2.05) is 46.8 Å². The lowest BCUT2D eigenvalue weighted by Crippen LogP contribution is -2.51. The highest BCUT2D eigenvalue weighted by molar-refractivity contribution is 5.97. The highest BCUT2D eigenvalue weighted by atomic mass is 16.3. The van der Waals surface area contributed by atoms with Gasteiger partial charge in [0.05, 0.1) is 0 Å². The molecule has 1 atom stereocenters. The third-order valence-electron chi connectivity index (χ3n) is 4.05. The van der Waals surface area contributed by atoms with E-state index in [0.29, 0.717) is 18.5 Å². The lowest BCUT2D eigenvalue weighted by Gasteiger charge is -2.27. The Labute approximate surface area is 144 Å². The zero-order valence-corrected chi connectivity index (χ0v) is 15.3. The molecule has 1 rings (SSSR count). The van der Waals surface area contributed by atoms with Crippen LogP contribution < -0.4 is 10.6 Å². The molecule has 2 amide bonds. The molecule has 0 bridgehead atoms. The van der Waals surface area contributed by atoms with Crippen LogP contribution in [-0.2, 0) is 4.79 Å². The van der Waals surface area contributed by atoms with Gasteiger partial charge in [0.2, 0.25) is 5.91 Å². The molecule has 0 aliphatic carbocycles. The van der Waals surface area contributed by atoms with E-state index in [0.717, 1.165) is 5.56 Å². The summed E-state index contributed by atoms with van der Waals surface area (Å²) in [6.45, 7) is 10.2. The third kappa shape index (κ3) is 6.32. The average molecular weight is 334 g/mol. The molecule has 24 heavy (non-hydrogen) atoms. The van der Waals surface area contributed by atoms with Crippen LogP contribution in [0.3, 0.4) is 0 Å². The Balaban J connectivity index is 2.73. The summed E-state index contributed by atoms with van der Waals surface area (Å²) in [6.07, 6.45) is 0.606. The van der Waals surface area contributed by atoms with Crippen LogP contribution in [0.1, 0.15) is 50.0 Å². The number of benzene rings is 1. The second-order valence-electron chi connectivity index (χ2n) is 7.42. The van der Waals surface area contributed by atoms with Gasteiger partial charge in [0.1, 0.15) is 6.04 Å². The minimum Gasteiger partial charge on any atom is -0.396 e. The van der Waals surface area contributed by atoms with Crippen molar-refractivity contribution in [2.75, 3.05) is 13.2 Å². The predicted octanol–water partition coefficient (Wildman–Crippen LogP) is 2.27. The van der Waals surface area contributed by atoms with Gasteiger partial charge in [0.25, 0.3) is 5.91 Å². The van der Waals surface area contributed by atoms with Gasteiger partial charge in [-0.25, -0.2) is 0 Å². The first-order valence-corrected chi connectivity index (χ1v) is 8.42. The third-order valence-corrected chi connectivity index (χ3v) is 4.05. The average Bonchev–Trinajstić information content (AvgIpc) is 2.49. The van der Waals surface area contributed by atoms with Crippen molar-refractivity contribution >= 4 is 11.8 Å². The number of hydrogen-bond donors (Lipinski definition) is 3. The zero-order chi connectivity index (χ0) is 18.3. The normalized spacial score (nSPS) is 12.8. The summed E-state index contributed by atoms with van der Waals surface area (Å²) in [5.41, 5.74) is 1.36. The van der Waals surface area contributed by atoms with Gasteiger partial charge < -0.3 is 15.7 Å². The van der Waals surface area contributed by atoms with Crippen molar-refractivity contribution in [3.05, 3.63) is 35.4 Å². The van der Waals surface area contributed by atoms with E-state index in [-0.39, 0.29) is 29.8 Å². The van der Waals surface area contributed by atoms with E-state index in [1.165, 1.54) is 0 Å². The summed E-state index contributed by atoms with van der Waals surface area (Å²) in [6, 6.07) is 6.69. The van der Waals surface area contributed by atoms with Gasteiger partial charge >= 0.3 is 0 Å². The van der Waals surface area contributed by atoms with Gasteiger partial charge in [-0.05, 0) is 36.8 Å². The minimum atomic E-state index is -0.595. The van der Waals surface area contributed by atoms with E-state index >= 15 is 0 Å². The first kappa shape index (κ1) is 20.2. The smallest absolute Gasteiger partial charge is 0.251 e. The van der Waals surface area contributed by atoms with Crippen molar-refractivity contribution in [2.45, 2.75) is 47.1 Å². The van der Waals surface area contributed by atoms with Crippen LogP contribution >= 0.6 is 0 Å². The van der Waals surface area contributed by atoms with Gasteiger partial charge in [-0.2, -0.15) is 0 Å². The zero-order valence-electron chi connectivity index (χ0n) is 15.3. The van der Waals surface area contributed by atoms with Gasteiger partial charge in [0.15, 0.2) is 0 Å². The Morgan fingerprint density at radius 2 is 1.92 bits per heavy atom. The first-order valence-electron chi connectivity index (χ1n) is 8.42. The van der Waals surface area contributed by atoms with Crippen LogP contribution in [0.25, 0.3) is 0 Å². The lowest BCUT2D eigenvalue weighted by molar-refractivity contribution is -0.124. The molecule has 1 aromatic carbocycles. The van der Waals surface area contributed by atoms with Crippen molar-refractivity contribution in [2.24, 2.45) is 11.3 Å². The fraction of sp³-hybridized carbons (Fsp3) is 0.579. The molecule has 0 aromatic heterocycles. The monoisotopic (exact) mass is 334 g/mol. The van der Waals surface area contributed by atoms with Gasteiger partial charge in [-0.3, -0.25) is 9.59 Å². The summed E-state index contributed by atoms with van der Waals surface area (Å²) in [5.74, 6) is -0.473. The Hall–Kier alpha value is -1.88. The minimum absolute atomic E-state index is 0.0280. The van der Waals surface area contributed by atoms with Crippen LogP contribution in [0.2, 0.25) is 0 Å². The molecular formula is C19H30N2O3. The van der Waals surface area contributed by atoms with E-state index in [2.05, 4.69) is 10.6 Å². The molecule has 5 heteroatoms. The maximum atomic E-state index is 12.5. The number of aliphatic hydroxyl groups is 1. The van der Waals surface area contributed by atoms with Crippen LogP contribution in [0.4, 0.5) is 0 Å². The van der Waals surface area contributed by atoms with Crippen molar-refractivity contribution in [1.29, 1.82) is 0 Å². The van der Waals surface area contributed by atoms with Crippen LogP contribution in [0, 0.1) is 18.3 Å². The molecule has 0 saturated heterocycles. The molecule has 0 saturated carbocycles. The van der Waals surface area contributed by atoms with Crippen LogP contribution in [0.5, 0.6) is 0 Å². The summed E-state index contributed by atoms with van der Waals surface area (Å²) in [4.78, 5) is 24.9. The lowest BCUT2D eigenvalue weighted by atomic mass is 9.89. The summed E-state index contributed by atoms with van der Waals surface area (Å²) in [5, 5.41) is 14.8. The Bertz CT molecular complexity index is 567. The molecule has 1 unspecified atom stereocenters. The molecule has 1 aromatic rings. The highest BCUT2D eigenvalue weighted by Crippen LogP contribution is 2.18. The summed E-state index contributed by atoms with van der Waals surface area (Å²) >= 11 is 0. The molecule has 5 nitrogen and oxygen atoms in total. The number of hydrogen-bond acceptors (Lipinski definition) is 3. The van der Waals surface area contributed by atoms with Crippen molar-refractivity contribution in [3.8, 4) is 0 Å². The molecule has 0 radical (unpaired) electrons. The van der Waals surface area contributed by atoms with E-state index in [9.17, 15) is 9.59 Å². The second kappa shape index (κ2) is 8.83. The number of aryl methyl sites for hydroxylation is 1. The molecule has 0 aliphatic rings. The van der Waals surface area contributed by atoms with E-state index in [4.69, 9.17) is 5.11 Å². The van der Waals surface area contributed by atoms with Gasteiger partial charge in [-0.1, -0.05) is 45.4 Å². The molecule has 0 heterocycles. The van der Waals surface area contributed by atoms with Crippen molar-refractivity contribution in [3.63, 3.8) is 0 Å². The Morgan fingerprint density at radius 1 is 1.25 bits per heavy atom. The quantitative estimate of drug-likeness (QED) is 0.682. The maximum absolute atomic E-state index is 12.5. The largest absolute Gasteiger partial charge is 0.396 e. The maximum Gasteiger partial charge on any atom is 0.251 e. The number of nitrogens with one attached hydrogen (secondary N) is 2. The molecule has 0 fully saturated rings. The molecule has 3 N–H and O–H groups in total. The molecule has 0 aliphatic heterocycles. The Kier molecular flexibility index (Phi) is 7.42.